The minimum Gasteiger partial charge on any atom is -0.143 e. The maximum Gasteiger partial charge on any atom is 0.0618 e. The fourth-order valence-electron chi connectivity index (χ4n) is 6.49. The van der Waals surface area contributed by atoms with E-state index in [4.69, 9.17) is 0 Å². The SMILES string of the molecule is CC(C)(C)c1cc(C2=CC3=C4CCCC4=C4C=C(c5ccc(S)cc5)S[C@@]4(C)[C@]3(C)S2)cc(C(C)(C)C)c1. The van der Waals surface area contributed by atoms with Crippen LogP contribution < -0.4 is 0 Å². The topological polar surface area (TPSA) is 0 Å². The second-order valence-corrected chi connectivity index (χ2v) is 17.2. The maximum atomic E-state index is 4.53. The molecule has 2 heterocycles. The fourth-order valence-corrected chi connectivity index (χ4v) is 9.80. The summed E-state index contributed by atoms with van der Waals surface area (Å²) in [4.78, 5) is 3.86. The Morgan fingerprint density at radius 3 is 1.55 bits per heavy atom. The second-order valence-electron chi connectivity index (χ2n) is 13.8. The standard InChI is InChI=1S/C35H40S3/c1-32(2,3)23-16-22(17-24(18-23)33(4,5)6)31-20-29-27-11-9-10-26(27)28-19-30(21-12-14-25(36)15-13-21)37-34(28,7)35(29,8)38-31/h12-20,36H,9-11H2,1-8H3/t34-,35-/m1/s1. The van der Waals surface area contributed by atoms with Gasteiger partial charge < -0.3 is 0 Å². The van der Waals surface area contributed by atoms with Gasteiger partial charge in [-0.05, 0) is 113 Å². The van der Waals surface area contributed by atoms with Gasteiger partial charge in [-0.15, -0.1) is 36.2 Å². The molecule has 1 saturated carbocycles. The molecule has 3 heteroatoms. The number of benzene rings is 2. The number of allylic oxidation sites excluding steroid dienone is 4. The largest absolute Gasteiger partial charge is 0.143 e. The fraction of sp³-hybridized carbons (Fsp3) is 0.429. The first-order chi connectivity index (χ1) is 17.7. The quantitative estimate of drug-likeness (QED) is 0.365. The zero-order valence-electron chi connectivity index (χ0n) is 24.1. The van der Waals surface area contributed by atoms with Crippen molar-refractivity contribution in [2.45, 2.75) is 99.9 Å². The van der Waals surface area contributed by atoms with Gasteiger partial charge in [0.15, 0.2) is 0 Å². The van der Waals surface area contributed by atoms with Gasteiger partial charge in [-0.2, -0.15) is 0 Å². The van der Waals surface area contributed by atoms with Crippen molar-refractivity contribution in [3.63, 3.8) is 0 Å². The lowest BCUT2D eigenvalue weighted by atomic mass is 9.72. The van der Waals surface area contributed by atoms with Crippen LogP contribution in [0.2, 0.25) is 0 Å². The van der Waals surface area contributed by atoms with E-state index in [1.54, 1.807) is 22.3 Å². The number of thioether (sulfide) groups is 2. The molecule has 0 saturated heterocycles. The lowest BCUT2D eigenvalue weighted by Gasteiger charge is -2.47. The third kappa shape index (κ3) is 4.06. The number of fused-ring (bicyclic) bond motifs is 4. The molecule has 0 spiro atoms. The minimum atomic E-state index is -0.00707. The van der Waals surface area contributed by atoms with Gasteiger partial charge in [-0.3, -0.25) is 0 Å². The van der Waals surface area contributed by atoms with Crippen LogP contribution in [0.3, 0.4) is 0 Å². The summed E-state index contributed by atoms with van der Waals surface area (Å²) in [5.41, 5.74) is 12.2. The van der Waals surface area contributed by atoms with Crippen LogP contribution >= 0.6 is 36.2 Å². The zero-order chi connectivity index (χ0) is 27.3. The molecule has 6 rings (SSSR count). The molecule has 2 aliphatic heterocycles. The number of hydrogen-bond acceptors (Lipinski definition) is 3. The molecule has 0 unspecified atom stereocenters. The molecule has 0 bridgehead atoms. The van der Waals surface area contributed by atoms with Crippen molar-refractivity contribution >= 4 is 46.0 Å². The first-order valence-electron chi connectivity index (χ1n) is 14.0. The Morgan fingerprint density at radius 2 is 1.11 bits per heavy atom. The summed E-state index contributed by atoms with van der Waals surface area (Å²) in [7, 11) is 0. The van der Waals surface area contributed by atoms with Crippen LogP contribution in [0.15, 0.2) is 81.8 Å². The molecule has 1 fully saturated rings. The molecular weight excluding hydrogens is 517 g/mol. The Labute approximate surface area is 244 Å². The lowest BCUT2D eigenvalue weighted by Crippen LogP contribution is -2.47. The molecule has 0 radical (unpaired) electrons. The highest BCUT2D eigenvalue weighted by molar-refractivity contribution is 8.14. The molecular formula is C35H40S3. The summed E-state index contributed by atoms with van der Waals surface area (Å²) in [6.45, 7) is 19.1. The summed E-state index contributed by atoms with van der Waals surface area (Å²) >= 11 is 8.72. The average Bonchev–Trinajstić information content (AvgIpc) is 3.54. The smallest absolute Gasteiger partial charge is 0.0618 e. The van der Waals surface area contributed by atoms with Crippen LogP contribution in [0.1, 0.15) is 96.9 Å². The van der Waals surface area contributed by atoms with Gasteiger partial charge in [0.1, 0.15) is 0 Å². The Kier molecular flexibility index (Phi) is 6.12. The predicted molar refractivity (Wildman–Crippen MR) is 173 cm³/mol. The minimum absolute atomic E-state index is 0.00210. The van der Waals surface area contributed by atoms with Crippen molar-refractivity contribution in [2.24, 2.45) is 0 Å². The highest BCUT2D eigenvalue weighted by Gasteiger charge is 2.59. The Balaban J connectivity index is 1.48. The van der Waals surface area contributed by atoms with E-state index in [0.29, 0.717) is 0 Å². The molecule has 38 heavy (non-hydrogen) atoms. The number of thiol groups is 1. The van der Waals surface area contributed by atoms with Crippen LogP contribution in [0.25, 0.3) is 9.81 Å². The van der Waals surface area contributed by atoms with Gasteiger partial charge in [0.05, 0.1) is 9.49 Å². The Bertz CT molecular complexity index is 1430. The molecule has 4 aliphatic rings. The molecule has 0 aromatic heterocycles. The first kappa shape index (κ1) is 26.7. The normalized spacial score (nSPS) is 26.9. The molecule has 0 nitrogen and oxygen atoms in total. The van der Waals surface area contributed by atoms with Crippen molar-refractivity contribution in [1.29, 1.82) is 0 Å². The van der Waals surface area contributed by atoms with Crippen molar-refractivity contribution < 1.29 is 0 Å². The van der Waals surface area contributed by atoms with Gasteiger partial charge in [0.2, 0.25) is 0 Å². The second kappa shape index (κ2) is 8.72. The molecule has 2 atom stereocenters. The molecule has 198 valence electrons. The average molecular weight is 557 g/mol. The summed E-state index contributed by atoms with van der Waals surface area (Å²) in [6, 6.07) is 16.1. The molecule has 0 N–H and O–H groups in total. The summed E-state index contributed by atoms with van der Waals surface area (Å²) in [6.07, 6.45) is 8.80. The van der Waals surface area contributed by atoms with E-state index >= 15 is 0 Å². The van der Waals surface area contributed by atoms with Gasteiger partial charge in [-0.1, -0.05) is 71.9 Å². The van der Waals surface area contributed by atoms with E-state index in [-0.39, 0.29) is 20.3 Å². The first-order valence-corrected chi connectivity index (χ1v) is 16.0. The Morgan fingerprint density at radius 1 is 0.658 bits per heavy atom. The zero-order valence-corrected chi connectivity index (χ0v) is 26.6. The van der Waals surface area contributed by atoms with Crippen LogP contribution in [0, 0.1) is 0 Å². The lowest BCUT2D eigenvalue weighted by molar-refractivity contribution is 0.568. The van der Waals surface area contributed by atoms with Gasteiger partial charge in [0.25, 0.3) is 0 Å². The summed E-state index contributed by atoms with van der Waals surface area (Å²) in [5, 5.41) is 0. The van der Waals surface area contributed by atoms with Gasteiger partial charge in [0, 0.05) is 14.7 Å². The van der Waals surface area contributed by atoms with Crippen molar-refractivity contribution in [1.82, 2.24) is 0 Å². The molecule has 0 amide bonds. The molecule has 2 aromatic rings. The van der Waals surface area contributed by atoms with Crippen LogP contribution in [0.4, 0.5) is 0 Å². The maximum absolute atomic E-state index is 4.53. The van der Waals surface area contributed by atoms with Crippen LogP contribution in [-0.4, -0.2) is 9.49 Å². The van der Waals surface area contributed by atoms with E-state index in [1.807, 2.05) is 0 Å². The third-order valence-electron chi connectivity index (χ3n) is 9.09. The highest BCUT2D eigenvalue weighted by atomic mass is 32.2. The van der Waals surface area contributed by atoms with Gasteiger partial charge >= 0.3 is 0 Å². The van der Waals surface area contributed by atoms with Crippen molar-refractivity contribution in [3.05, 3.63) is 99.2 Å². The third-order valence-corrected chi connectivity index (χ3v) is 12.7. The van der Waals surface area contributed by atoms with E-state index in [0.717, 1.165) is 4.90 Å². The number of rotatable bonds is 2. The molecule has 2 aromatic carbocycles. The summed E-state index contributed by atoms with van der Waals surface area (Å²) < 4.78 is -0.00916. The van der Waals surface area contributed by atoms with Crippen molar-refractivity contribution in [3.8, 4) is 0 Å². The number of hydrogen-bond donors (Lipinski definition) is 1. The van der Waals surface area contributed by atoms with E-state index in [9.17, 15) is 0 Å². The van der Waals surface area contributed by atoms with Crippen LogP contribution in [-0.2, 0) is 10.8 Å². The van der Waals surface area contributed by atoms with E-state index in [1.165, 1.54) is 51.3 Å². The predicted octanol–water partition coefficient (Wildman–Crippen LogP) is 10.8. The van der Waals surface area contributed by atoms with E-state index < -0.39 is 0 Å². The molecule has 2 aliphatic carbocycles. The monoisotopic (exact) mass is 556 g/mol. The van der Waals surface area contributed by atoms with E-state index in [2.05, 4.69) is 146 Å². The highest BCUT2D eigenvalue weighted by Crippen LogP contribution is 2.70. The summed E-state index contributed by atoms with van der Waals surface area (Å²) in [5.74, 6) is 0. The van der Waals surface area contributed by atoms with Crippen molar-refractivity contribution in [2.75, 3.05) is 0 Å². The Hall–Kier alpha value is -1.55. The van der Waals surface area contributed by atoms with Gasteiger partial charge in [-0.25, -0.2) is 0 Å². The van der Waals surface area contributed by atoms with Crippen LogP contribution in [0.5, 0.6) is 0 Å².